The molecule has 28 heavy (non-hydrogen) atoms. The maximum Gasteiger partial charge on any atom is 0.407 e. The number of carboxylic acid groups (broad SMARTS) is 1. The van der Waals surface area contributed by atoms with Crippen molar-refractivity contribution < 1.29 is 14.7 Å². The van der Waals surface area contributed by atoms with Gasteiger partial charge in [-0.15, -0.1) is 0 Å². The normalized spacial score (nSPS) is 14.0. The van der Waals surface area contributed by atoms with Gasteiger partial charge in [0.25, 0.3) is 5.91 Å². The van der Waals surface area contributed by atoms with Gasteiger partial charge >= 0.3 is 6.09 Å². The van der Waals surface area contributed by atoms with E-state index in [2.05, 4.69) is 15.3 Å². The molecule has 2 amide bonds. The van der Waals surface area contributed by atoms with E-state index in [0.717, 1.165) is 22.6 Å². The minimum atomic E-state index is -0.917. The molecule has 142 valence electrons. The Morgan fingerprint density at radius 2 is 2.04 bits per heavy atom. The first kappa shape index (κ1) is 17.7. The zero-order valence-corrected chi connectivity index (χ0v) is 15.3. The Kier molecular flexibility index (Phi) is 4.52. The first-order valence-electron chi connectivity index (χ1n) is 8.89. The second-order valence-corrected chi connectivity index (χ2v) is 6.66. The number of hydrogen-bond donors (Lipinski definition) is 2. The number of carbonyl (C=O) groups is 2. The van der Waals surface area contributed by atoms with E-state index in [4.69, 9.17) is 5.11 Å². The molecule has 8 nitrogen and oxygen atoms in total. The number of amides is 2. The largest absolute Gasteiger partial charge is 0.465 e. The number of pyridine rings is 2. The lowest BCUT2D eigenvalue weighted by molar-refractivity contribution is 0.102. The lowest BCUT2D eigenvalue weighted by Crippen LogP contribution is -2.33. The smallest absolute Gasteiger partial charge is 0.407 e. The summed E-state index contributed by atoms with van der Waals surface area (Å²) in [6.07, 6.45) is 6.80. The number of fused-ring (bicyclic) bond motifs is 1. The highest BCUT2D eigenvalue weighted by Gasteiger charge is 2.17. The molecule has 0 bridgehead atoms. The summed E-state index contributed by atoms with van der Waals surface area (Å²) < 4.78 is 1.86. The van der Waals surface area contributed by atoms with Gasteiger partial charge in [0.05, 0.1) is 22.6 Å². The van der Waals surface area contributed by atoms with E-state index in [1.54, 1.807) is 12.1 Å². The molecule has 0 spiro atoms. The number of aromatic nitrogens is 3. The van der Waals surface area contributed by atoms with Crippen LogP contribution in [-0.4, -0.2) is 49.5 Å². The third kappa shape index (κ3) is 3.57. The minimum absolute atomic E-state index is 0.245. The van der Waals surface area contributed by atoms with Gasteiger partial charge in [0, 0.05) is 31.7 Å². The van der Waals surface area contributed by atoms with Crippen LogP contribution >= 0.6 is 0 Å². The van der Waals surface area contributed by atoms with E-state index in [1.807, 2.05) is 41.9 Å². The van der Waals surface area contributed by atoms with Gasteiger partial charge < -0.3 is 19.7 Å². The van der Waals surface area contributed by atoms with Gasteiger partial charge in [-0.25, -0.2) is 9.78 Å². The third-order valence-electron chi connectivity index (χ3n) is 4.66. The van der Waals surface area contributed by atoms with Crippen molar-refractivity contribution in [3.8, 4) is 0 Å². The second-order valence-electron chi connectivity index (χ2n) is 6.66. The number of imidazole rings is 1. The van der Waals surface area contributed by atoms with Crippen LogP contribution in [0.2, 0.25) is 0 Å². The average Bonchev–Trinajstić information content (AvgIpc) is 3.07. The van der Waals surface area contributed by atoms with E-state index in [0.29, 0.717) is 30.8 Å². The van der Waals surface area contributed by atoms with Crippen molar-refractivity contribution in [2.75, 3.05) is 18.4 Å². The van der Waals surface area contributed by atoms with Gasteiger partial charge in [-0.3, -0.25) is 9.78 Å². The molecule has 0 saturated heterocycles. The number of anilines is 1. The number of carbonyl (C=O) groups excluding carboxylic acids is 1. The second kappa shape index (κ2) is 7.15. The quantitative estimate of drug-likeness (QED) is 0.731. The summed E-state index contributed by atoms with van der Waals surface area (Å²) in [6.45, 7) is 2.71. The molecule has 4 rings (SSSR count). The zero-order valence-electron chi connectivity index (χ0n) is 15.3. The van der Waals surface area contributed by atoms with Crippen LogP contribution in [0.5, 0.6) is 0 Å². The number of aryl methyl sites for hydroxylation is 1. The van der Waals surface area contributed by atoms with Crippen molar-refractivity contribution in [3.63, 3.8) is 0 Å². The predicted molar refractivity (Wildman–Crippen MR) is 104 cm³/mol. The first-order valence-corrected chi connectivity index (χ1v) is 8.89. The summed E-state index contributed by atoms with van der Waals surface area (Å²) in [4.78, 5) is 33.6. The third-order valence-corrected chi connectivity index (χ3v) is 4.66. The monoisotopic (exact) mass is 377 g/mol. The summed E-state index contributed by atoms with van der Waals surface area (Å²) in [5.41, 5.74) is 4.61. The summed E-state index contributed by atoms with van der Waals surface area (Å²) in [6, 6.07) is 7.17. The first-order chi connectivity index (χ1) is 13.5. The molecule has 2 N–H and O–H groups in total. The highest BCUT2D eigenvalue weighted by Crippen LogP contribution is 2.21. The van der Waals surface area contributed by atoms with Crippen molar-refractivity contribution in [2.45, 2.75) is 13.3 Å². The van der Waals surface area contributed by atoms with Gasteiger partial charge in [0.1, 0.15) is 5.65 Å². The Bertz CT molecular complexity index is 1080. The van der Waals surface area contributed by atoms with Crippen molar-refractivity contribution in [1.82, 2.24) is 19.3 Å². The van der Waals surface area contributed by atoms with Crippen LogP contribution in [0, 0.1) is 6.92 Å². The molecule has 0 aliphatic carbocycles. The maximum atomic E-state index is 12.5. The van der Waals surface area contributed by atoms with Crippen molar-refractivity contribution >= 4 is 28.9 Å². The fourth-order valence-corrected chi connectivity index (χ4v) is 3.19. The standard InChI is InChI=1S/C20H19N5O3/c1-13-11-25-12-16(3-5-18(25)22-13)23-19(26)15-2-4-17(21-10-15)14-6-8-24(9-7-14)20(27)28/h2-6,10-12H,7-9H2,1H3,(H,23,26)(H,27,28). The summed E-state index contributed by atoms with van der Waals surface area (Å²) in [5.74, 6) is -0.245. The predicted octanol–water partition coefficient (Wildman–Crippen LogP) is 3.06. The van der Waals surface area contributed by atoms with Crippen molar-refractivity contribution in [1.29, 1.82) is 0 Å². The lowest BCUT2D eigenvalue weighted by atomic mass is 10.0. The molecule has 4 heterocycles. The molecule has 0 saturated carbocycles. The number of nitrogens with zero attached hydrogens (tertiary/aromatic N) is 4. The van der Waals surface area contributed by atoms with Gasteiger partial charge in [0.15, 0.2) is 0 Å². The molecule has 3 aromatic heterocycles. The highest BCUT2D eigenvalue weighted by molar-refractivity contribution is 6.04. The van der Waals surface area contributed by atoms with Crippen LogP contribution in [0.1, 0.15) is 28.2 Å². The van der Waals surface area contributed by atoms with E-state index >= 15 is 0 Å². The van der Waals surface area contributed by atoms with Gasteiger partial charge in [-0.05, 0) is 43.2 Å². The van der Waals surface area contributed by atoms with Gasteiger partial charge in [0.2, 0.25) is 0 Å². The SMILES string of the molecule is Cc1cn2cc(NC(=O)c3ccc(C4=CCN(C(=O)O)CC4)nc3)ccc2n1. The summed E-state index contributed by atoms with van der Waals surface area (Å²) in [7, 11) is 0. The maximum absolute atomic E-state index is 12.5. The number of hydrogen-bond acceptors (Lipinski definition) is 4. The van der Waals surface area contributed by atoms with Crippen LogP contribution in [0.15, 0.2) is 48.9 Å². The Labute approximate surface area is 161 Å². The Morgan fingerprint density at radius 3 is 2.71 bits per heavy atom. The highest BCUT2D eigenvalue weighted by atomic mass is 16.4. The Balaban J connectivity index is 1.45. The van der Waals surface area contributed by atoms with E-state index < -0.39 is 6.09 Å². The van der Waals surface area contributed by atoms with Crippen LogP contribution in [0.3, 0.4) is 0 Å². The van der Waals surface area contributed by atoms with Crippen LogP contribution in [-0.2, 0) is 0 Å². The summed E-state index contributed by atoms with van der Waals surface area (Å²) in [5, 5.41) is 11.9. The molecule has 0 aromatic carbocycles. The molecule has 1 aliphatic heterocycles. The molecular formula is C20H19N5O3. The topological polar surface area (TPSA) is 99.8 Å². The zero-order chi connectivity index (χ0) is 19.7. The molecular weight excluding hydrogens is 358 g/mol. The molecule has 0 unspecified atom stereocenters. The summed E-state index contributed by atoms with van der Waals surface area (Å²) >= 11 is 0. The van der Waals surface area contributed by atoms with Gasteiger partial charge in [-0.2, -0.15) is 0 Å². The lowest BCUT2D eigenvalue weighted by Gasteiger charge is -2.23. The molecule has 0 radical (unpaired) electrons. The molecule has 1 aliphatic rings. The molecule has 3 aromatic rings. The Morgan fingerprint density at radius 1 is 1.18 bits per heavy atom. The van der Waals surface area contributed by atoms with Crippen LogP contribution in [0.4, 0.5) is 10.5 Å². The minimum Gasteiger partial charge on any atom is -0.465 e. The van der Waals surface area contributed by atoms with E-state index in [-0.39, 0.29) is 5.91 Å². The average molecular weight is 377 g/mol. The van der Waals surface area contributed by atoms with Crippen molar-refractivity contribution in [2.24, 2.45) is 0 Å². The number of nitrogens with one attached hydrogen (secondary N) is 1. The molecule has 0 atom stereocenters. The molecule has 8 heteroatoms. The van der Waals surface area contributed by atoms with Crippen LogP contribution < -0.4 is 5.32 Å². The van der Waals surface area contributed by atoms with E-state index in [9.17, 15) is 9.59 Å². The Hall–Kier alpha value is -3.68. The van der Waals surface area contributed by atoms with E-state index in [1.165, 1.54) is 11.1 Å². The van der Waals surface area contributed by atoms with Crippen LogP contribution in [0.25, 0.3) is 11.2 Å². The van der Waals surface area contributed by atoms with Crippen molar-refractivity contribution in [3.05, 3.63) is 65.9 Å². The fraction of sp³-hybridized carbons (Fsp3) is 0.200. The molecule has 0 fully saturated rings. The number of rotatable bonds is 3. The fourth-order valence-electron chi connectivity index (χ4n) is 3.19. The van der Waals surface area contributed by atoms with Gasteiger partial charge in [-0.1, -0.05) is 6.08 Å².